The maximum absolute atomic E-state index is 12.0. The largest absolute Gasteiger partial charge is 0.469 e. The lowest BCUT2D eigenvalue weighted by Gasteiger charge is -2.26. The number of carbonyl (C=O) groups is 3. The van der Waals surface area contributed by atoms with Crippen molar-refractivity contribution in [1.82, 2.24) is 4.90 Å². The van der Waals surface area contributed by atoms with Crippen LogP contribution in [0.1, 0.15) is 46.5 Å². The van der Waals surface area contributed by atoms with Crippen molar-refractivity contribution in [3.05, 3.63) is 0 Å². The van der Waals surface area contributed by atoms with E-state index in [2.05, 4.69) is 4.74 Å². The quantitative estimate of drug-likeness (QED) is 0.590. The van der Waals surface area contributed by atoms with Gasteiger partial charge >= 0.3 is 12.1 Å². The molecular weight excluding hydrogens is 274 g/mol. The average Bonchev–Trinajstić information content (AvgIpc) is 2.62. The van der Waals surface area contributed by atoms with Gasteiger partial charge in [-0.1, -0.05) is 0 Å². The Labute approximate surface area is 125 Å². The van der Waals surface area contributed by atoms with Crippen LogP contribution in [0, 0.1) is 5.92 Å². The summed E-state index contributed by atoms with van der Waals surface area (Å²) in [6.45, 7) is 6.53. The van der Waals surface area contributed by atoms with E-state index in [9.17, 15) is 14.4 Å². The van der Waals surface area contributed by atoms with Crippen molar-refractivity contribution in [2.75, 3.05) is 20.2 Å². The van der Waals surface area contributed by atoms with Gasteiger partial charge < -0.3 is 14.4 Å². The lowest BCUT2D eigenvalue weighted by atomic mass is 9.94. The Morgan fingerprint density at radius 2 is 1.81 bits per heavy atom. The Morgan fingerprint density at radius 3 is 2.38 bits per heavy atom. The summed E-state index contributed by atoms with van der Waals surface area (Å²) in [6, 6.07) is 0. The molecule has 0 saturated carbocycles. The minimum absolute atomic E-state index is 0.104. The molecule has 1 aliphatic heterocycles. The zero-order valence-corrected chi connectivity index (χ0v) is 13.3. The van der Waals surface area contributed by atoms with Gasteiger partial charge in [0.2, 0.25) is 0 Å². The monoisotopic (exact) mass is 299 g/mol. The predicted molar refractivity (Wildman–Crippen MR) is 76.8 cm³/mol. The SMILES string of the molecule is COC(=O)CC(=O)C1CCCN(C(=O)OC(C)(C)C)CC1. The molecule has 0 aromatic heterocycles. The van der Waals surface area contributed by atoms with Gasteiger partial charge in [0.1, 0.15) is 17.8 Å². The van der Waals surface area contributed by atoms with Crippen LogP contribution in [-0.2, 0) is 19.1 Å². The molecule has 0 aromatic rings. The second-order valence-electron chi connectivity index (χ2n) is 6.31. The van der Waals surface area contributed by atoms with Crippen molar-refractivity contribution in [1.29, 1.82) is 0 Å². The molecule has 0 bridgehead atoms. The Morgan fingerprint density at radius 1 is 1.14 bits per heavy atom. The standard InChI is InChI=1S/C15H25NO5/c1-15(2,3)21-14(19)16-8-5-6-11(7-9-16)12(17)10-13(18)20-4/h11H,5-10H2,1-4H3. The predicted octanol–water partition coefficient (Wildman–Crippen LogP) is 2.16. The molecule has 1 saturated heterocycles. The topological polar surface area (TPSA) is 72.9 Å². The van der Waals surface area contributed by atoms with E-state index in [0.717, 1.165) is 6.42 Å². The first-order chi connectivity index (χ1) is 9.73. The van der Waals surface area contributed by atoms with Gasteiger partial charge in [0.25, 0.3) is 0 Å². The van der Waals surface area contributed by atoms with Gasteiger partial charge in [0.15, 0.2) is 0 Å². The van der Waals surface area contributed by atoms with Crippen molar-refractivity contribution >= 4 is 17.8 Å². The molecule has 1 aliphatic rings. The lowest BCUT2D eigenvalue weighted by Crippen LogP contribution is -2.37. The molecule has 0 aliphatic carbocycles. The Bertz CT molecular complexity index is 399. The van der Waals surface area contributed by atoms with Crippen molar-refractivity contribution < 1.29 is 23.9 Å². The first-order valence-corrected chi connectivity index (χ1v) is 7.30. The van der Waals surface area contributed by atoms with Crippen LogP contribution in [0.5, 0.6) is 0 Å². The zero-order chi connectivity index (χ0) is 16.0. The highest BCUT2D eigenvalue weighted by atomic mass is 16.6. The van der Waals surface area contributed by atoms with Crippen LogP contribution in [0.2, 0.25) is 0 Å². The van der Waals surface area contributed by atoms with E-state index in [0.29, 0.717) is 25.9 Å². The van der Waals surface area contributed by atoms with Gasteiger partial charge in [0.05, 0.1) is 7.11 Å². The maximum Gasteiger partial charge on any atom is 0.410 e. The third-order valence-corrected chi connectivity index (χ3v) is 3.38. The fourth-order valence-corrected chi connectivity index (χ4v) is 2.29. The lowest BCUT2D eigenvalue weighted by molar-refractivity contribution is -0.144. The molecule has 21 heavy (non-hydrogen) atoms. The van der Waals surface area contributed by atoms with Crippen molar-refractivity contribution in [2.24, 2.45) is 5.92 Å². The molecular formula is C15H25NO5. The summed E-state index contributed by atoms with van der Waals surface area (Å²) in [6.07, 6.45) is 1.46. The summed E-state index contributed by atoms with van der Waals surface area (Å²) in [5, 5.41) is 0. The number of ketones is 1. The molecule has 1 rings (SSSR count). The molecule has 1 fully saturated rings. The molecule has 0 radical (unpaired) electrons. The van der Waals surface area contributed by atoms with Crippen molar-refractivity contribution in [2.45, 2.75) is 52.1 Å². The first-order valence-electron chi connectivity index (χ1n) is 7.30. The van der Waals surface area contributed by atoms with Gasteiger partial charge in [-0.05, 0) is 40.0 Å². The van der Waals surface area contributed by atoms with E-state index in [4.69, 9.17) is 4.74 Å². The van der Waals surface area contributed by atoms with Gasteiger partial charge in [0, 0.05) is 19.0 Å². The van der Waals surface area contributed by atoms with Crippen LogP contribution < -0.4 is 0 Å². The highest BCUT2D eigenvalue weighted by molar-refractivity contribution is 5.96. The normalized spacial score (nSPS) is 19.6. The number of nitrogens with zero attached hydrogens (tertiary/aromatic N) is 1. The van der Waals surface area contributed by atoms with Crippen LogP contribution in [0.3, 0.4) is 0 Å². The van der Waals surface area contributed by atoms with Gasteiger partial charge in [-0.15, -0.1) is 0 Å². The maximum atomic E-state index is 12.0. The summed E-state index contributed by atoms with van der Waals surface area (Å²) in [4.78, 5) is 36.8. The van der Waals surface area contributed by atoms with E-state index in [-0.39, 0.29) is 24.2 Å². The Kier molecular flexibility index (Phi) is 6.18. The number of methoxy groups -OCH3 is 1. The van der Waals surface area contributed by atoms with Gasteiger partial charge in [-0.3, -0.25) is 9.59 Å². The van der Waals surface area contributed by atoms with Crippen LogP contribution in [0.4, 0.5) is 4.79 Å². The summed E-state index contributed by atoms with van der Waals surface area (Å²) < 4.78 is 9.85. The number of likely N-dealkylation sites (tertiary alicyclic amines) is 1. The van der Waals surface area contributed by atoms with E-state index in [1.165, 1.54) is 7.11 Å². The van der Waals surface area contributed by atoms with E-state index >= 15 is 0 Å². The molecule has 6 heteroatoms. The van der Waals surface area contributed by atoms with Crippen LogP contribution in [0.25, 0.3) is 0 Å². The highest BCUT2D eigenvalue weighted by Crippen LogP contribution is 2.21. The van der Waals surface area contributed by atoms with Crippen LogP contribution in [-0.4, -0.2) is 48.5 Å². The number of hydrogen-bond acceptors (Lipinski definition) is 5. The first kappa shape index (κ1) is 17.5. The third-order valence-electron chi connectivity index (χ3n) is 3.38. The number of carbonyl (C=O) groups excluding carboxylic acids is 3. The second-order valence-corrected chi connectivity index (χ2v) is 6.31. The van der Waals surface area contributed by atoms with Gasteiger partial charge in [-0.2, -0.15) is 0 Å². The molecule has 6 nitrogen and oxygen atoms in total. The molecule has 0 aromatic carbocycles. The highest BCUT2D eigenvalue weighted by Gasteiger charge is 2.28. The smallest absolute Gasteiger partial charge is 0.410 e. The fourth-order valence-electron chi connectivity index (χ4n) is 2.29. The summed E-state index contributed by atoms with van der Waals surface area (Å²) in [5.74, 6) is -0.794. The van der Waals surface area contributed by atoms with E-state index in [1.54, 1.807) is 4.90 Å². The average molecular weight is 299 g/mol. The number of amides is 1. The van der Waals surface area contributed by atoms with Crippen LogP contribution in [0.15, 0.2) is 0 Å². The molecule has 120 valence electrons. The molecule has 0 N–H and O–H groups in total. The van der Waals surface area contributed by atoms with Crippen molar-refractivity contribution in [3.63, 3.8) is 0 Å². The zero-order valence-electron chi connectivity index (χ0n) is 13.3. The Balaban J connectivity index is 2.52. The third kappa shape index (κ3) is 6.14. The number of Topliss-reactive ketones (excluding diaryl/α,β-unsaturated/α-hetero) is 1. The number of hydrogen-bond donors (Lipinski definition) is 0. The molecule has 1 heterocycles. The van der Waals surface area contributed by atoms with Crippen LogP contribution >= 0.6 is 0 Å². The summed E-state index contributed by atoms with van der Waals surface area (Å²) in [7, 11) is 1.27. The number of esters is 1. The summed E-state index contributed by atoms with van der Waals surface area (Å²) >= 11 is 0. The van der Waals surface area contributed by atoms with Gasteiger partial charge in [-0.25, -0.2) is 4.79 Å². The molecule has 0 spiro atoms. The van der Waals surface area contributed by atoms with Crippen molar-refractivity contribution in [3.8, 4) is 0 Å². The molecule has 1 amide bonds. The minimum Gasteiger partial charge on any atom is -0.469 e. The minimum atomic E-state index is -0.524. The molecule has 1 unspecified atom stereocenters. The van der Waals surface area contributed by atoms with E-state index < -0.39 is 11.6 Å². The summed E-state index contributed by atoms with van der Waals surface area (Å²) in [5.41, 5.74) is -0.524. The Hall–Kier alpha value is -1.59. The number of rotatable bonds is 3. The number of ether oxygens (including phenoxy) is 2. The second kappa shape index (κ2) is 7.43. The van der Waals surface area contributed by atoms with E-state index in [1.807, 2.05) is 20.8 Å². The fraction of sp³-hybridized carbons (Fsp3) is 0.800. The molecule has 1 atom stereocenters.